The van der Waals surface area contributed by atoms with E-state index in [9.17, 15) is 18.0 Å². The average molecular weight is 515 g/mol. The Labute approximate surface area is 211 Å². The summed E-state index contributed by atoms with van der Waals surface area (Å²) in [5, 5.41) is 9.74. The number of aromatic nitrogens is 3. The Morgan fingerprint density at radius 1 is 1.14 bits per heavy atom. The molecule has 37 heavy (non-hydrogen) atoms. The van der Waals surface area contributed by atoms with Crippen molar-refractivity contribution >= 4 is 12.2 Å². The molecule has 5 rings (SSSR count). The molecule has 0 saturated carbocycles. The zero-order valence-electron chi connectivity index (χ0n) is 20.3. The van der Waals surface area contributed by atoms with Crippen LogP contribution in [0.1, 0.15) is 23.7 Å². The van der Waals surface area contributed by atoms with Gasteiger partial charge < -0.3 is 14.4 Å². The fourth-order valence-corrected chi connectivity index (χ4v) is 4.36. The molecule has 1 atom stereocenters. The van der Waals surface area contributed by atoms with Crippen molar-refractivity contribution in [1.29, 1.82) is 0 Å². The largest absolute Gasteiger partial charge is 0.483 e. The molecule has 2 aliphatic rings. The normalized spacial score (nSPS) is 17.4. The number of nitrogens with zero attached hydrogens (tertiary/aromatic N) is 6. The SMILES string of the molecule is COCCn1cc(-c2cc(OC3CN(C(=O)N4N=CCC4c4cc(F)cc(F)c4)C3)c(F)cn2)c(C)n1. The first-order chi connectivity index (χ1) is 17.8. The third kappa shape index (κ3) is 5.15. The lowest BCUT2D eigenvalue weighted by Crippen LogP contribution is -2.58. The number of methoxy groups -OCH3 is 1. The molecule has 2 aliphatic heterocycles. The molecule has 0 aliphatic carbocycles. The average Bonchev–Trinajstić information content (AvgIpc) is 3.47. The summed E-state index contributed by atoms with van der Waals surface area (Å²) in [6.45, 7) is 3.33. The van der Waals surface area contributed by atoms with Crippen LogP contribution in [-0.2, 0) is 11.3 Å². The summed E-state index contributed by atoms with van der Waals surface area (Å²) < 4.78 is 54.5. The highest BCUT2D eigenvalue weighted by atomic mass is 19.1. The quantitative estimate of drug-likeness (QED) is 0.477. The minimum absolute atomic E-state index is 0.0263. The number of urea groups is 1. The molecule has 3 aromatic rings. The number of pyridine rings is 1. The lowest BCUT2D eigenvalue weighted by Gasteiger charge is -2.41. The standard InChI is InChI=1S/C25H25F3N6O3/c1-15-20(14-33(31-15)5-6-36-2)22-10-24(21(28)11-29-22)37-19-12-32(13-19)25(35)34-23(3-4-30-34)16-7-17(26)9-18(27)8-16/h4,7-11,14,19,23H,3,5-6,12-13H2,1-2H3. The minimum atomic E-state index is -0.719. The van der Waals surface area contributed by atoms with E-state index >= 15 is 0 Å². The third-order valence-corrected chi connectivity index (χ3v) is 6.27. The van der Waals surface area contributed by atoms with Gasteiger partial charge in [-0.1, -0.05) is 0 Å². The molecule has 1 aromatic carbocycles. The number of rotatable bonds is 7. The number of hydrogen-bond donors (Lipinski definition) is 0. The number of hydrazone groups is 1. The summed E-state index contributed by atoms with van der Waals surface area (Å²) in [7, 11) is 1.61. The van der Waals surface area contributed by atoms with Crippen molar-refractivity contribution in [3.63, 3.8) is 0 Å². The van der Waals surface area contributed by atoms with Crippen LogP contribution in [0.5, 0.6) is 5.75 Å². The maximum atomic E-state index is 14.5. The van der Waals surface area contributed by atoms with Crippen molar-refractivity contribution in [2.45, 2.75) is 32.0 Å². The Hall–Kier alpha value is -3.93. The van der Waals surface area contributed by atoms with Gasteiger partial charge in [-0.2, -0.15) is 10.2 Å². The second kappa shape index (κ2) is 10.2. The molecule has 9 nitrogen and oxygen atoms in total. The summed E-state index contributed by atoms with van der Waals surface area (Å²) in [6, 6.07) is 3.66. The summed E-state index contributed by atoms with van der Waals surface area (Å²) >= 11 is 0. The van der Waals surface area contributed by atoms with Crippen molar-refractivity contribution in [1.82, 2.24) is 24.7 Å². The van der Waals surface area contributed by atoms with Gasteiger partial charge in [-0.15, -0.1) is 0 Å². The van der Waals surface area contributed by atoms with Gasteiger partial charge in [0.05, 0.1) is 49.9 Å². The third-order valence-electron chi connectivity index (χ3n) is 6.27. The number of benzene rings is 1. The van der Waals surface area contributed by atoms with Crippen LogP contribution >= 0.6 is 0 Å². The van der Waals surface area contributed by atoms with E-state index in [4.69, 9.17) is 9.47 Å². The first kappa shape index (κ1) is 24.8. The number of hydrogen-bond acceptors (Lipinski definition) is 6. The molecule has 4 heterocycles. The van der Waals surface area contributed by atoms with Gasteiger partial charge in [0.1, 0.15) is 17.7 Å². The van der Waals surface area contributed by atoms with E-state index in [0.717, 1.165) is 23.5 Å². The summed E-state index contributed by atoms with van der Waals surface area (Å²) in [5.74, 6) is -2.03. The zero-order chi connectivity index (χ0) is 26.1. The van der Waals surface area contributed by atoms with Gasteiger partial charge in [-0.25, -0.2) is 23.0 Å². The van der Waals surface area contributed by atoms with Gasteiger partial charge in [0.2, 0.25) is 0 Å². The predicted octanol–water partition coefficient (Wildman–Crippen LogP) is 3.93. The Morgan fingerprint density at radius 3 is 2.62 bits per heavy atom. The van der Waals surface area contributed by atoms with Crippen molar-refractivity contribution in [3.05, 3.63) is 65.4 Å². The predicted molar refractivity (Wildman–Crippen MR) is 127 cm³/mol. The topological polar surface area (TPSA) is 85.1 Å². The monoisotopic (exact) mass is 514 g/mol. The smallest absolute Gasteiger partial charge is 0.341 e. The molecule has 1 saturated heterocycles. The fraction of sp³-hybridized carbons (Fsp3) is 0.360. The lowest BCUT2D eigenvalue weighted by molar-refractivity contribution is 0.0256. The maximum absolute atomic E-state index is 14.5. The van der Waals surface area contributed by atoms with Gasteiger partial charge >= 0.3 is 6.03 Å². The van der Waals surface area contributed by atoms with Crippen LogP contribution in [0, 0.1) is 24.4 Å². The first-order valence-corrected chi connectivity index (χ1v) is 11.7. The van der Waals surface area contributed by atoms with Crippen LogP contribution in [0.3, 0.4) is 0 Å². The van der Waals surface area contributed by atoms with Gasteiger partial charge in [0, 0.05) is 43.6 Å². The zero-order valence-corrected chi connectivity index (χ0v) is 20.3. The molecular weight excluding hydrogens is 489 g/mol. The highest BCUT2D eigenvalue weighted by molar-refractivity contribution is 5.79. The van der Waals surface area contributed by atoms with Crippen molar-refractivity contribution in [2.75, 3.05) is 26.8 Å². The summed E-state index contributed by atoms with van der Waals surface area (Å²) in [6.07, 6.45) is 4.36. The number of aryl methyl sites for hydroxylation is 1. The van der Waals surface area contributed by atoms with E-state index < -0.39 is 35.6 Å². The summed E-state index contributed by atoms with van der Waals surface area (Å²) in [4.78, 5) is 18.7. The van der Waals surface area contributed by atoms with Crippen LogP contribution in [0.4, 0.5) is 18.0 Å². The molecule has 0 spiro atoms. The molecule has 12 heteroatoms. The van der Waals surface area contributed by atoms with Crippen LogP contribution in [0.25, 0.3) is 11.3 Å². The summed E-state index contributed by atoms with van der Waals surface area (Å²) in [5.41, 5.74) is 2.32. The molecule has 0 radical (unpaired) electrons. The van der Waals surface area contributed by atoms with Crippen LogP contribution in [-0.4, -0.2) is 69.8 Å². The van der Waals surface area contributed by atoms with Crippen molar-refractivity contribution < 1.29 is 27.4 Å². The minimum Gasteiger partial charge on any atom is -0.483 e. The number of carbonyl (C=O) groups is 1. The highest BCUT2D eigenvalue weighted by Gasteiger charge is 2.39. The molecule has 0 N–H and O–H groups in total. The van der Waals surface area contributed by atoms with E-state index in [1.807, 2.05) is 13.1 Å². The van der Waals surface area contributed by atoms with Crippen LogP contribution < -0.4 is 4.74 Å². The van der Waals surface area contributed by atoms with Crippen molar-refractivity contribution in [2.24, 2.45) is 5.10 Å². The molecule has 1 fully saturated rings. The number of amides is 2. The molecule has 2 amide bonds. The Morgan fingerprint density at radius 2 is 1.89 bits per heavy atom. The van der Waals surface area contributed by atoms with Gasteiger partial charge in [0.25, 0.3) is 0 Å². The number of carbonyl (C=O) groups excluding carboxylic acids is 1. The van der Waals surface area contributed by atoms with Gasteiger partial charge in [-0.3, -0.25) is 9.67 Å². The highest BCUT2D eigenvalue weighted by Crippen LogP contribution is 2.32. The van der Waals surface area contributed by atoms with Gasteiger partial charge in [-0.05, 0) is 24.6 Å². The fourth-order valence-electron chi connectivity index (χ4n) is 4.36. The van der Waals surface area contributed by atoms with E-state index in [0.29, 0.717) is 30.8 Å². The molecule has 0 bridgehead atoms. The molecule has 194 valence electrons. The second-order valence-corrected chi connectivity index (χ2v) is 8.91. The van der Waals surface area contributed by atoms with E-state index in [2.05, 4.69) is 15.2 Å². The molecular formula is C25H25F3N6O3. The molecule has 2 aromatic heterocycles. The number of ether oxygens (including phenoxy) is 2. The second-order valence-electron chi connectivity index (χ2n) is 8.91. The Bertz CT molecular complexity index is 1320. The van der Waals surface area contributed by atoms with E-state index in [1.54, 1.807) is 11.8 Å². The van der Waals surface area contributed by atoms with E-state index in [-0.39, 0.29) is 18.8 Å². The van der Waals surface area contributed by atoms with Crippen molar-refractivity contribution in [3.8, 4) is 17.0 Å². The van der Waals surface area contributed by atoms with Gasteiger partial charge in [0.15, 0.2) is 11.6 Å². The van der Waals surface area contributed by atoms with E-state index in [1.165, 1.54) is 34.3 Å². The number of likely N-dealkylation sites (tertiary alicyclic amines) is 1. The first-order valence-electron chi connectivity index (χ1n) is 11.7. The molecule has 1 unspecified atom stereocenters. The van der Waals surface area contributed by atoms with Crippen LogP contribution in [0.15, 0.2) is 41.8 Å². The maximum Gasteiger partial charge on any atom is 0.341 e. The Kier molecular flexibility index (Phi) is 6.83. The number of halogens is 3. The lowest BCUT2D eigenvalue weighted by atomic mass is 10.0. The Balaban J connectivity index is 1.23. The van der Waals surface area contributed by atoms with Crippen LogP contribution in [0.2, 0.25) is 0 Å².